The number of hydrogen-bond donors (Lipinski definition) is 2. The summed E-state index contributed by atoms with van der Waals surface area (Å²) in [6.45, 7) is 7.58. The fraction of sp³-hybridized carbons (Fsp3) is 0.875. The van der Waals surface area contributed by atoms with E-state index in [9.17, 15) is 9.59 Å². The largest absolute Gasteiger partial charge is 0.444 e. The molecular weight excluding hydrogens is 316 g/mol. The fourth-order valence-electron chi connectivity index (χ4n) is 2.59. The van der Waals surface area contributed by atoms with Gasteiger partial charge >= 0.3 is 6.09 Å². The molecule has 2 amide bonds. The van der Waals surface area contributed by atoms with E-state index in [1.54, 1.807) is 20.8 Å². The van der Waals surface area contributed by atoms with E-state index in [0.29, 0.717) is 5.25 Å². The number of carbonyl (C=O) groups excluding carboxylic acids is 2. The lowest BCUT2D eigenvalue weighted by Gasteiger charge is -2.25. The number of ether oxygens (including phenoxy) is 2. The van der Waals surface area contributed by atoms with E-state index in [4.69, 9.17) is 9.47 Å². The summed E-state index contributed by atoms with van der Waals surface area (Å²) in [6.07, 6.45) is 2.62. The average Bonchev–Trinajstić information content (AvgIpc) is 2.84. The first-order chi connectivity index (χ1) is 10.8. The standard InChI is InChI=1S/C16H30N2O4S/c1-6-23-13-9-7-8-11(13)17-14(19)12(10-21-5)18-15(20)22-16(2,3)4/h11-13H,6-10H2,1-5H3,(H,17,19)(H,18,20)/t11-,12-,13-/m1/s1. The molecule has 0 bridgehead atoms. The molecule has 134 valence electrons. The third-order valence-electron chi connectivity index (χ3n) is 3.50. The number of hydrogen-bond acceptors (Lipinski definition) is 5. The first-order valence-electron chi connectivity index (χ1n) is 8.17. The number of amides is 2. The van der Waals surface area contributed by atoms with Crippen molar-refractivity contribution in [2.45, 2.75) is 69.9 Å². The molecule has 1 aliphatic rings. The number of carbonyl (C=O) groups is 2. The van der Waals surface area contributed by atoms with E-state index in [1.165, 1.54) is 7.11 Å². The van der Waals surface area contributed by atoms with Crippen molar-refractivity contribution in [1.82, 2.24) is 10.6 Å². The molecule has 1 rings (SSSR count). The molecule has 1 saturated carbocycles. The molecule has 0 aliphatic heterocycles. The van der Waals surface area contributed by atoms with Crippen molar-refractivity contribution in [3.63, 3.8) is 0 Å². The molecule has 0 spiro atoms. The molecule has 0 radical (unpaired) electrons. The minimum Gasteiger partial charge on any atom is -0.444 e. The Hall–Kier alpha value is -0.950. The maximum Gasteiger partial charge on any atom is 0.408 e. The quantitative estimate of drug-likeness (QED) is 0.740. The van der Waals surface area contributed by atoms with Gasteiger partial charge in [0.15, 0.2) is 0 Å². The highest BCUT2D eigenvalue weighted by atomic mass is 32.2. The Kier molecular flexibility index (Phi) is 8.19. The van der Waals surface area contributed by atoms with Crippen molar-refractivity contribution in [3.05, 3.63) is 0 Å². The Morgan fingerprint density at radius 1 is 1.30 bits per heavy atom. The molecule has 1 aliphatic carbocycles. The molecule has 0 aromatic carbocycles. The molecule has 2 N–H and O–H groups in total. The van der Waals surface area contributed by atoms with Crippen molar-refractivity contribution in [1.29, 1.82) is 0 Å². The van der Waals surface area contributed by atoms with Crippen molar-refractivity contribution in [3.8, 4) is 0 Å². The number of methoxy groups -OCH3 is 1. The van der Waals surface area contributed by atoms with Gasteiger partial charge in [-0.05, 0) is 39.4 Å². The van der Waals surface area contributed by atoms with Crippen LogP contribution in [0.5, 0.6) is 0 Å². The van der Waals surface area contributed by atoms with Crippen molar-refractivity contribution in [2.24, 2.45) is 0 Å². The lowest BCUT2D eigenvalue weighted by Crippen LogP contribution is -2.53. The molecule has 0 aromatic heterocycles. The predicted molar refractivity (Wildman–Crippen MR) is 92.7 cm³/mol. The van der Waals surface area contributed by atoms with E-state index in [2.05, 4.69) is 17.6 Å². The summed E-state index contributed by atoms with van der Waals surface area (Å²) >= 11 is 1.88. The molecule has 0 unspecified atom stereocenters. The van der Waals surface area contributed by atoms with Crippen LogP contribution in [-0.2, 0) is 14.3 Å². The normalized spacial score (nSPS) is 22.5. The Bertz CT molecular complexity index is 398. The Balaban J connectivity index is 2.58. The molecule has 1 fully saturated rings. The maximum absolute atomic E-state index is 12.5. The number of nitrogens with one attached hydrogen (secondary N) is 2. The zero-order valence-corrected chi connectivity index (χ0v) is 15.6. The van der Waals surface area contributed by atoms with Gasteiger partial charge in [0, 0.05) is 18.4 Å². The van der Waals surface area contributed by atoms with Gasteiger partial charge in [-0.2, -0.15) is 11.8 Å². The number of alkyl carbamates (subject to hydrolysis) is 1. The van der Waals surface area contributed by atoms with Crippen molar-refractivity contribution < 1.29 is 19.1 Å². The summed E-state index contributed by atoms with van der Waals surface area (Å²) in [5, 5.41) is 6.10. The average molecular weight is 346 g/mol. The summed E-state index contributed by atoms with van der Waals surface area (Å²) in [5.74, 6) is 0.820. The van der Waals surface area contributed by atoms with Gasteiger partial charge in [-0.15, -0.1) is 0 Å². The van der Waals surface area contributed by atoms with Gasteiger partial charge < -0.3 is 20.1 Å². The lowest BCUT2D eigenvalue weighted by atomic mass is 10.2. The van der Waals surface area contributed by atoms with Crippen LogP contribution in [0.15, 0.2) is 0 Å². The second-order valence-corrected chi connectivity index (χ2v) is 8.21. The zero-order chi connectivity index (χ0) is 17.5. The van der Waals surface area contributed by atoms with Gasteiger partial charge in [0.05, 0.1) is 6.61 Å². The minimum absolute atomic E-state index is 0.114. The van der Waals surface area contributed by atoms with Gasteiger partial charge in [-0.25, -0.2) is 4.79 Å². The molecule has 0 aromatic rings. The van der Waals surface area contributed by atoms with E-state index < -0.39 is 17.7 Å². The summed E-state index contributed by atoms with van der Waals surface area (Å²) in [5.41, 5.74) is -0.605. The number of thioether (sulfide) groups is 1. The summed E-state index contributed by atoms with van der Waals surface area (Å²) in [6, 6.07) is -0.588. The van der Waals surface area contributed by atoms with Crippen LogP contribution in [0.2, 0.25) is 0 Å². The lowest BCUT2D eigenvalue weighted by molar-refractivity contribution is -0.125. The highest BCUT2D eigenvalue weighted by Gasteiger charge is 2.31. The third-order valence-corrected chi connectivity index (χ3v) is 4.83. The Morgan fingerprint density at radius 3 is 2.57 bits per heavy atom. The van der Waals surface area contributed by atoms with Crippen LogP contribution in [0.1, 0.15) is 47.0 Å². The maximum atomic E-state index is 12.5. The number of rotatable bonds is 7. The third kappa shape index (κ3) is 7.44. The van der Waals surface area contributed by atoms with Crippen LogP contribution in [0.4, 0.5) is 4.79 Å². The highest BCUT2D eigenvalue weighted by molar-refractivity contribution is 7.99. The Morgan fingerprint density at radius 2 is 2.00 bits per heavy atom. The van der Waals surface area contributed by atoms with Gasteiger partial charge in [0.25, 0.3) is 0 Å². The van der Waals surface area contributed by atoms with Crippen LogP contribution in [0.3, 0.4) is 0 Å². The second kappa shape index (κ2) is 9.37. The van der Waals surface area contributed by atoms with Crippen LogP contribution in [0, 0.1) is 0 Å². The highest BCUT2D eigenvalue weighted by Crippen LogP contribution is 2.29. The smallest absolute Gasteiger partial charge is 0.408 e. The molecule has 0 saturated heterocycles. The monoisotopic (exact) mass is 346 g/mol. The second-order valence-electron chi connectivity index (χ2n) is 6.69. The van der Waals surface area contributed by atoms with Gasteiger partial charge in [0.2, 0.25) is 5.91 Å². The van der Waals surface area contributed by atoms with Crippen LogP contribution < -0.4 is 10.6 Å². The summed E-state index contributed by atoms with van der Waals surface area (Å²) in [7, 11) is 1.50. The Labute approximate surface area is 143 Å². The van der Waals surface area contributed by atoms with E-state index in [1.807, 2.05) is 11.8 Å². The first kappa shape index (κ1) is 20.1. The van der Waals surface area contributed by atoms with Crippen LogP contribution >= 0.6 is 11.8 Å². The molecule has 23 heavy (non-hydrogen) atoms. The van der Waals surface area contributed by atoms with Crippen molar-refractivity contribution >= 4 is 23.8 Å². The van der Waals surface area contributed by atoms with Crippen LogP contribution in [0.25, 0.3) is 0 Å². The summed E-state index contributed by atoms with van der Waals surface area (Å²) in [4.78, 5) is 24.3. The molecule has 6 nitrogen and oxygen atoms in total. The molecule has 0 heterocycles. The van der Waals surface area contributed by atoms with Gasteiger partial charge in [-0.3, -0.25) is 4.79 Å². The fourth-order valence-corrected chi connectivity index (χ4v) is 3.79. The van der Waals surface area contributed by atoms with Gasteiger partial charge in [0.1, 0.15) is 11.6 Å². The molecule has 7 heteroatoms. The van der Waals surface area contributed by atoms with Crippen LogP contribution in [-0.4, -0.2) is 54.4 Å². The van der Waals surface area contributed by atoms with Crippen molar-refractivity contribution in [2.75, 3.05) is 19.5 Å². The van der Waals surface area contributed by atoms with E-state index in [-0.39, 0.29) is 18.6 Å². The summed E-state index contributed by atoms with van der Waals surface area (Å²) < 4.78 is 10.3. The molecular formula is C16H30N2O4S. The SMILES string of the molecule is CCS[C@@H]1CCC[C@H]1NC(=O)[C@@H](COC)NC(=O)OC(C)(C)C. The van der Waals surface area contributed by atoms with E-state index >= 15 is 0 Å². The molecule has 3 atom stereocenters. The topological polar surface area (TPSA) is 76.7 Å². The minimum atomic E-state index is -0.747. The van der Waals surface area contributed by atoms with E-state index in [0.717, 1.165) is 25.0 Å². The van der Waals surface area contributed by atoms with Gasteiger partial charge in [-0.1, -0.05) is 13.3 Å². The zero-order valence-electron chi connectivity index (χ0n) is 14.8. The predicted octanol–water partition coefficient (Wildman–Crippen LogP) is 2.32. The first-order valence-corrected chi connectivity index (χ1v) is 9.22.